The Labute approximate surface area is 158 Å². The van der Waals surface area contributed by atoms with Crippen molar-refractivity contribution in [1.82, 2.24) is 0 Å². The lowest BCUT2D eigenvalue weighted by Crippen LogP contribution is -2.33. The summed E-state index contributed by atoms with van der Waals surface area (Å²) in [6.45, 7) is 3.02. The SMILES string of the molecule is NC1COCCOCCOCCOc2ccccc2Oc2ccccc2O1. The summed E-state index contributed by atoms with van der Waals surface area (Å²) >= 11 is 0. The summed E-state index contributed by atoms with van der Waals surface area (Å²) < 4.78 is 34.0. The van der Waals surface area contributed by atoms with E-state index in [0.29, 0.717) is 62.6 Å². The second-order valence-electron chi connectivity index (χ2n) is 5.80. The Morgan fingerprint density at radius 2 is 1.15 bits per heavy atom. The summed E-state index contributed by atoms with van der Waals surface area (Å²) in [5.74, 6) is 2.29. The van der Waals surface area contributed by atoms with Gasteiger partial charge in [0.15, 0.2) is 29.2 Å². The van der Waals surface area contributed by atoms with Gasteiger partial charge in [0.1, 0.15) is 6.61 Å². The maximum atomic E-state index is 6.03. The Morgan fingerprint density at radius 1 is 0.630 bits per heavy atom. The minimum atomic E-state index is -0.622. The van der Waals surface area contributed by atoms with Crippen molar-refractivity contribution in [3.05, 3.63) is 48.5 Å². The first-order valence-electron chi connectivity index (χ1n) is 8.97. The molecule has 0 saturated carbocycles. The maximum Gasteiger partial charge on any atom is 0.171 e. The van der Waals surface area contributed by atoms with E-state index in [1.54, 1.807) is 6.07 Å². The lowest BCUT2D eigenvalue weighted by atomic mass is 10.3. The van der Waals surface area contributed by atoms with Crippen molar-refractivity contribution in [2.24, 2.45) is 5.73 Å². The Hall–Kier alpha value is -2.32. The quantitative estimate of drug-likeness (QED) is 0.758. The Kier molecular flexibility index (Phi) is 7.73. The van der Waals surface area contributed by atoms with E-state index >= 15 is 0 Å². The van der Waals surface area contributed by atoms with Gasteiger partial charge in [0.25, 0.3) is 0 Å². The zero-order valence-electron chi connectivity index (χ0n) is 15.2. The maximum absolute atomic E-state index is 6.03. The van der Waals surface area contributed by atoms with Gasteiger partial charge >= 0.3 is 0 Å². The molecule has 0 spiro atoms. The average Bonchev–Trinajstić information content (AvgIpc) is 2.68. The molecule has 0 fully saturated rings. The van der Waals surface area contributed by atoms with Crippen molar-refractivity contribution < 1.29 is 28.4 Å². The molecule has 0 saturated heterocycles. The highest BCUT2D eigenvalue weighted by atomic mass is 16.6. The molecule has 1 heterocycles. The average molecular weight is 375 g/mol. The highest BCUT2D eigenvalue weighted by Gasteiger charge is 2.13. The predicted molar refractivity (Wildman–Crippen MR) is 99.5 cm³/mol. The van der Waals surface area contributed by atoms with Crippen molar-refractivity contribution in [3.8, 4) is 23.0 Å². The van der Waals surface area contributed by atoms with Crippen molar-refractivity contribution in [2.45, 2.75) is 6.23 Å². The number of fused-ring (bicyclic) bond motifs is 2. The summed E-state index contributed by atoms with van der Waals surface area (Å²) in [5, 5.41) is 0. The van der Waals surface area contributed by atoms with Gasteiger partial charge in [-0.25, -0.2) is 0 Å². The van der Waals surface area contributed by atoms with Crippen LogP contribution in [0.1, 0.15) is 0 Å². The third-order valence-electron chi connectivity index (χ3n) is 3.71. The first-order valence-corrected chi connectivity index (χ1v) is 8.97. The normalized spacial score (nSPS) is 19.8. The van der Waals surface area contributed by atoms with E-state index in [2.05, 4.69) is 0 Å². The van der Waals surface area contributed by atoms with Crippen LogP contribution in [0.5, 0.6) is 23.0 Å². The van der Waals surface area contributed by atoms with Crippen LogP contribution in [0.4, 0.5) is 0 Å². The lowest BCUT2D eigenvalue weighted by Gasteiger charge is -2.19. The van der Waals surface area contributed by atoms with Crippen molar-refractivity contribution in [3.63, 3.8) is 0 Å². The van der Waals surface area contributed by atoms with E-state index in [0.717, 1.165) is 0 Å². The number of benzene rings is 2. The third-order valence-corrected chi connectivity index (χ3v) is 3.71. The zero-order chi connectivity index (χ0) is 18.7. The second-order valence-corrected chi connectivity index (χ2v) is 5.80. The van der Waals surface area contributed by atoms with Crippen molar-refractivity contribution in [2.75, 3.05) is 46.2 Å². The first kappa shape index (κ1) is 19.4. The Bertz CT molecular complexity index is 696. The Balaban J connectivity index is 1.75. The van der Waals surface area contributed by atoms with Crippen LogP contribution in [-0.2, 0) is 14.2 Å². The van der Waals surface area contributed by atoms with Crippen LogP contribution in [0.25, 0.3) is 0 Å². The highest BCUT2D eigenvalue weighted by molar-refractivity contribution is 5.47. The van der Waals surface area contributed by atoms with Gasteiger partial charge in [-0.15, -0.1) is 0 Å². The fourth-order valence-electron chi connectivity index (χ4n) is 2.45. The second kappa shape index (κ2) is 10.7. The molecule has 2 aromatic rings. The first-order chi connectivity index (χ1) is 13.3. The third kappa shape index (κ3) is 6.41. The number of para-hydroxylation sites is 4. The van der Waals surface area contributed by atoms with Gasteiger partial charge in [-0.05, 0) is 24.3 Å². The fraction of sp³-hybridized carbons (Fsp3) is 0.400. The summed E-state index contributed by atoms with van der Waals surface area (Å²) in [6, 6.07) is 14.8. The van der Waals surface area contributed by atoms with Gasteiger partial charge in [0, 0.05) is 0 Å². The van der Waals surface area contributed by atoms with Crippen molar-refractivity contribution >= 4 is 0 Å². The van der Waals surface area contributed by atoms with Gasteiger partial charge in [0.2, 0.25) is 0 Å². The molecule has 3 rings (SSSR count). The number of nitrogens with two attached hydrogens (primary N) is 1. The molecule has 1 unspecified atom stereocenters. The van der Waals surface area contributed by atoms with Crippen LogP contribution >= 0.6 is 0 Å². The molecule has 1 aliphatic heterocycles. The molecule has 2 N–H and O–H groups in total. The molecule has 1 aliphatic rings. The smallest absolute Gasteiger partial charge is 0.171 e. The summed E-state index contributed by atoms with van der Waals surface area (Å²) in [6.07, 6.45) is -0.622. The van der Waals surface area contributed by atoms with E-state index in [4.69, 9.17) is 34.2 Å². The Morgan fingerprint density at radius 3 is 1.85 bits per heavy atom. The number of ether oxygens (including phenoxy) is 6. The monoisotopic (exact) mass is 375 g/mol. The molecule has 7 nitrogen and oxygen atoms in total. The van der Waals surface area contributed by atoms with Crippen LogP contribution in [-0.4, -0.2) is 52.5 Å². The molecule has 7 heteroatoms. The van der Waals surface area contributed by atoms with E-state index in [1.165, 1.54) is 0 Å². The lowest BCUT2D eigenvalue weighted by molar-refractivity contribution is -0.00690. The van der Waals surface area contributed by atoms with E-state index < -0.39 is 6.23 Å². The topological polar surface area (TPSA) is 81.4 Å². The largest absolute Gasteiger partial charge is 0.487 e. The molecule has 2 aromatic carbocycles. The summed E-state index contributed by atoms with van der Waals surface area (Å²) in [4.78, 5) is 0. The van der Waals surface area contributed by atoms with Gasteiger partial charge in [0.05, 0.1) is 39.6 Å². The van der Waals surface area contributed by atoms with Gasteiger partial charge < -0.3 is 28.4 Å². The number of rotatable bonds is 0. The molecule has 0 bridgehead atoms. The minimum Gasteiger partial charge on any atom is -0.487 e. The van der Waals surface area contributed by atoms with E-state index in [-0.39, 0.29) is 6.61 Å². The molecule has 0 radical (unpaired) electrons. The molecule has 0 aliphatic carbocycles. The van der Waals surface area contributed by atoms with Crippen LogP contribution in [0.15, 0.2) is 48.5 Å². The van der Waals surface area contributed by atoms with Gasteiger partial charge in [-0.2, -0.15) is 0 Å². The molecule has 146 valence electrons. The molecule has 1 atom stereocenters. The highest BCUT2D eigenvalue weighted by Crippen LogP contribution is 2.36. The molecule has 0 aromatic heterocycles. The predicted octanol–water partition coefficient (Wildman–Crippen LogP) is 2.58. The number of hydrogen-bond acceptors (Lipinski definition) is 7. The van der Waals surface area contributed by atoms with Gasteiger partial charge in [-0.1, -0.05) is 24.3 Å². The van der Waals surface area contributed by atoms with Crippen LogP contribution in [0.2, 0.25) is 0 Å². The van der Waals surface area contributed by atoms with E-state index in [9.17, 15) is 0 Å². The minimum absolute atomic E-state index is 0.244. The van der Waals surface area contributed by atoms with E-state index in [1.807, 2.05) is 42.5 Å². The molecule has 0 amide bonds. The summed E-state index contributed by atoms with van der Waals surface area (Å²) in [7, 11) is 0. The van der Waals surface area contributed by atoms with Crippen LogP contribution < -0.4 is 19.9 Å². The number of hydrogen-bond donors (Lipinski definition) is 1. The zero-order valence-corrected chi connectivity index (χ0v) is 15.2. The standard InChI is InChI=1S/C20H25NO6/c21-20-15-24-12-11-22-9-10-23-13-14-25-16-5-1-2-6-17(16)26-18-7-3-4-8-19(18)27-20/h1-8,20H,9-15,21H2. The molecule has 27 heavy (non-hydrogen) atoms. The molecular weight excluding hydrogens is 350 g/mol. The van der Waals surface area contributed by atoms with Crippen molar-refractivity contribution in [1.29, 1.82) is 0 Å². The summed E-state index contributed by atoms with van der Waals surface area (Å²) in [5.41, 5.74) is 6.01. The van der Waals surface area contributed by atoms with Gasteiger partial charge in [-0.3, -0.25) is 5.73 Å². The fourth-order valence-corrected chi connectivity index (χ4v) is 2.45. The van der Waals surface area contributed by atoms with Crippen LogP contribution in [0, 0.1) is 0 Å². The van der Waals surface area contributed by atoms with Crippen LogP contribution in [0.3, 0.4) is 0 Å². The molecular formula is C20H25NO6.